The number of benzene rings is 1. The second-order valence-corrected chi connectivity index (χ2v) is 4.38. The summed E-state index contributed by atoms with van der Waals surface area (Å²) in [5.41, 5.74) is 1.08. The van der Waals surface area contributed by atoms with Crippen molar-refractivity contribution in [1.82, 2.24) is 15.0 Å². The maximum absolute atomic E-state index is 13.4. The lowest BCUT2D eigenvalue weighted by Crippen LogP contribution is -2.03. The Balaban J connectivity index is 2.16. The van der Waals surface area contributed by atoms with E-state index in [1.165, 1.54) is 10.7 Å². The summed E-state index contributed by atoms with van der Waals surface area (Å²) in [6.45, 7) is 0.179. The zero-order valence-electron chi connectivity index (χ0n) is 8.91. The van der Waals surface area contributed by atoms with Crippen LogP contribution in [0.25, 0.3) is 0 Å². The van der Waals surface area contributed by atoms with Crippen molar-refractivity contribution in [3.05, 3.63) is 47.3 Å². The molecule has 1 heterocycles. The minimum Gasteiger partial charge on any atom is -0.248 e. The molecule has 6 heteroatoms. The molecule has 0 aliphatic rings. The van der Waals surface area contributed by atoms with Crippen LogP contribution in [0.5, 0.6) is 0 Å². The molecule has 0 atom stereocenters. The number of alkyl halides is 1. The molecule has 0 aliphatic heterocycles. The molecule has 2 aromatic rings. The molecule has 0 amide bonds. The van der Waals surface area contributed by atoms with Crippen LogP contribution in [-0.2, 0) is 13.0 Å². The molecule has 0 aliphatic carbocycles. The second-order valence-electron chi connectivity index (χ2n) is 3.58. The Hall–Kier alpha value is -1.30. The van der Waals surface area contributed by atoms with Crippen LogP contribution in [0, 0.1) is 11.6 Å². The predicted octanol–water partition coefficient (Wildman–Crippen LogP) is 2.54. The molecule has 1 aromatic carbocycles. The summed E-state index contributed by atoms with van der Waals surface area (Å²) < 4.78 is 27.8. The van der Waals surface area contributed by atoms with Gasteiger partial charge in [0.2, 0.25) is 0 Å². The Kier molecular flexibility index (Phi) is 3.83. The van der Waals surface area contributed by atoms with Crippen LogP contribution in [0.3, 0.4) is 0 Å². The van der Waals surface area contributed by atoms with Crippen molar-refractivity contribution in [2.24, 2.45) is 0 Å². The fourth-order valence-corrected chi connectivity index (χ4v) is 1.87. The Bertz CT molecular complexity index is 513. The molecule has 0 N–H and O–H groups in total. The van der Waals surface area contributed by atoms with Gasteiger partial charge in [0.15, 0.2) is 0 Å². The lowest BCUT2D eigenvalue weighted by atomic mass is 10.2. The van der Waals surface area contributed by atoms with Crippen LogP contribution in [0.1, 0.15) is 11.3 Å². The molecule has 0 radical (unpaired) electrons. The first-order valence-corrected chi connectivity index (χ1v) is 6.20. The highest BCUT2D eigenvalue weighted by Crippen LogP contribution is 2.11. The number of hydrogen-bond donors (Lipinski definition) is 0. The monoisotopic (exact) mass is 301 g/mol. The average Bonchev–Trinajstić information content (AvgIpc) is 2.72. The van der Waals surface area contributed by atoms with Gasteiger partial charge in [-0.1, -0.05) is 21.1 Å². The summed E-state index contributed by atoms with van der Waals surface area (Å²) in [4.78, 5) is 0. The third-order valence-electron chi connectivity index (χ3n) is 2.28. The van der Waals surface area contributed by atoms with E-state index in [1.54, 1.807) is 6.20 Å². The molecule has 0 saturated heterocycles. The number of aromatic nitrogens is 3. The van der Waals surface area contributed by atoms with Crippen LogP contribution in [-0.4, -0.2) is 20.3 Å². The highest BCUT2D eigenvalue weighted by atomic mass is 79.9. The smallest absolute Gasteiger partial charge is 0.128 e. The third kappa shape index (κ3) is 3.09. The van der Waals surface area contributed by atoms with Crippen molar-refractivity contribution >= 4 is 15.9 Å². The number of halogens is 3. The summed E-state index contributed by atoms with van der Waals surface area (Å²) in [6.07, 6.45) is 2.48. The molecule has 0 spiro atoms. The highest BCUT2D eigenvalue weighted by Gasteiger charge is 2.06. The minimum absolute atomic E-state index is 0.179. The molecule has 0 saturated carbocycles. The summed E-state index contributed by atoms with van der Waals surface area (Å²) in [7, 11) is 0. The van der Waals surface area contributed by atoms with Crippen molar-refractivity contribution in [2.75, 3.05) is 5.33 Å². The molecular weight excluding hydrogens is 292 g/mol. The summed E-state index contributed by atoms with van der Waals surface area (Å²) >= 11 is 3.30. The molecule has 0 fully saturated rings. The fraction of sp³-hybridized carbons (Fsp3) is 0.273. The van der Waals surface area contributed by atoms with E-state index in [-0.39, 0.29) is 12.1 Å². The van der Waals surface area contributed by atoms with Crippen molar-refractivity contribution < 1.29 is 8.78 Å². The molecule has 0 bridgehead atoms. The van der Waals surface area contributed by atoms with Gasteiger partial charge in [-0.25, -0.2) is 13.5 Å². The van der Waals surface area contributed by atoms with Gasteiger partial charge in [-0.15, -0.1) is 5.10 Å². The first kappa shape index (κ1) is 12.2. The molecular formula is C11H10BrF2N3. The maximum Gasteiger partial charge on any atom is 0.128 e. The normalized spacial score (nSPS) is 10.8. The van der Waals surface area contributed by atoms with Crippen LogP contribution in [0.15, 0.2) is 24.4 Å². The van der Waals surface area contributed by atoms with Gasteiger partial charge in [0, 0.05) is 23.5 Å². The van der Waals surface area contributed by atoms with Gasteiger partial charge in [-0.2, -0.15) is 0 Å². The van der Waals surface area contributed by atoms with E-state index in [4.69, 9.17) is 0 Å². The van der Waals surface area contributed by atoms with Crippen molar-refractivity contribution in [3.63, 3.8) is 0 Å². The van der Waals surface area contributed by atoms with Gasteiger partial charge >= 0.3 is 0 Å². The van der Waals surface area contributed by atoms with Crippen LogP contribution in [0.4, 0.5) is 8.78 Å². The summed E-state index contributed by atoms with van der Waals surface area (Å²) in [5.74, 6) is -0.897. The van der Waals surface area contributed by atoms with E-state index < -0.39 is 11.6 Å². The number of aryl methyl sites for hydroxylation is 1. The number of rotatable bonds is 4. The van der Waals surface area contributed by atoms with Crippen molar-refractivity contribution in [2.45, 2.75) is 13.0 Å². The van der Waals surface area contributed by atoms with Gasteiger partial charge < -0.3 is 0 Å². The van der Waals surface area contributed by atoms with Gasteiger partial charge in [0.1, 0.15) is 11.6 Å². The highest BCUT2D eigenvalue weighted by molar-refractivity contribution is 9.09. The van der Waals surface area contributed by atoms with Crippen LogP contribution >= 0.6 is 15.9 Å². The van der Waals surface area contributed by atoms with Crippen molar-refractivity contribution in [3.8, 4) is 0 Å². The fourth-order valence-electron chi connectivity index (χ4n) is 1.47. The second kappa shape index (κ2) is 5.35. The minimum atomic E-state index is -0.456. The van der Waals surface area contributed by atoms with E-state index in [9.17, 15) is 8.78 Å². The molecule has 90 valence electrons. The standard InChI is InChI=1S/C11H10BrF2N3/c12-4-3-10-7-17(16-15-10)6-8-5-9(13)1-2-11(8)14/h1-2,5,7H,3-4,6H2. The van der Waals surface area contributed by atoms with Crippen molar-refractivity contribution in [1.29, 1.82) is 0 Å². The molecule has 0 unspecified atom stereocenters. The quantitative estimate of drug-likeness (QED) is 0.813. The average molecular weight is 302 g/mol. The maximum atomic E-state index is 13.4. The van der Waals surface area contributed by atoms with E-state index in [0.29, 0.717) is 0 Å². The van der Waals surface area contributed by atoms with E-state index >= 15 is 0 Å². The SMILES string of the molecule is Fc1ccc(F)c(Cn2cc(CCBr)nn2)c1. The zero-order valence-corrected chi connectivity index (χ0v) is 10.5. The first-order chi connectivity index (χ1) is 8.19. The van der Waals surface area contributed by atoms with Crippen LogP contribution in [0.2, 0.25) is 0 Å². The van der Waals surface area contributed by atoms with Crippen LogP contribution < -0.4 is 0 Å². The van der Waals surface area contributed by atoms with E-state index in [0.717, 1.165) is 29.6 Å². The Labute approximate surface area is 106 Å². The van der Waals surface area contributed by atoms with E-state index in [2.05, 4.69) is 26.2 Å². The first-order valence-electron chi connectivity index (χ1n) is 5.08. The number of hydrogen-bond acceptors (Lipinski definition) is 2. The summed E-state index contributed by atoms with van der Waals surface area (Å²) in [6, 6.07) is 3.37. The lowest BCUT2D eigenvalue weighted by Gasteiger charge is -2.02. The molecule has 17 heavy (non-hydrogen) atoms. The van der Waals surface area contributed by atoms with Gasteiger partial charge in [-0.05, 0) is 18.2 Å². The zero-order chi connectivity index (χ0) is 12.3. The van der Waals surface area contributed by atoms with E-state index in [1.807, 2.05) is 0 Å². The number of nitrogens with zero attached hydrogens (tertiary/aromatic N) is 3. The molecule has 2 rings (SSSR count). The van der Waals surface area contributed by atoms with Gasteiger partial charge in [0.25, 0.3) is 0 Å². The Morgan fingerprint density at radius 1 is 1.29 bits per heavy atom. The molecule has 1 aromatic heterocycles. The third-order valence-corrected chi connectivity index (χ3v) is 2.67. The lowest BCUT2D eigenvalue weighted by molar-refractivity contribution is 0.560. The largest absolute Gasteiger partial charge is 0.248 e. The topological polar surface area (TPSA) is 30.7 Å². The summed E-state index contributed by atoms with van der Waals surface area (Å²) in [5, 5.41) is 8.57. The molecule has 3 nitrogen and oxygen atoms in total. The Morgan fingerprint density at radius 2 is 2.12 bits per heavy atom. The predicted molar refractivity (Wildman–Crippen MR) is 63.0 cm³/mol. The van der Waals surface area contributed by atoms with Gasteiger partial charge in [-0.3, -0.25) is 0 Å². The van der Waals surface area contributed by atoms with Gasteiger partial charge in [0.05, 0.1) is 12.2 Å². The Morgan fingerprint density at radius 3 is 2.88 bits per heavy atom.